The van der Waals surface area contributed by atoms with Gasteiger partial charge in [-0.2, -0.15) is 0 Å². The number of aryl methyl sites for hydroxylation is 1. The van der Waals surface area contributed by atoms with Gasteiger partial charge >= 0.3 is 0 Å². The maximum absolute atomic E-state index is 11.2. The molecule has 20 heavy (non-hydrogen) atoms. The zero-order chi connectivity index (χ0) is 14.2. The second-order valence-electron chi connectivity index (χ2n) is 6.13. The van der Waals surface area contributed by atoms with Crippen molar-refractivity contribution in [3.05, 3.63) is 29.3 Å². The molecule has 1 fully saturated rings. The second-order valence-corrected chi connectivity index (χ2v) is 6.13. The normalized spacial score (nSPS) is 33.0. The van der Waals surface area contributed by atoms with Gasteiger partial charge in [0.1, 0.15) is 5.75 Å². The third-order valence-corrected chi connectivity index (χ3v) is 5.19. The number of hydrogen-bond donors (Lipinski definition) is 2. The van der Waals surface area contributed by atoms with E-state index in [1.165, 1.54) is 11.1 Å². The minimum atomic E-state index is -0.766. The molecule has 2 unspecified atom stereocenters. The SMILES string of the molecule is COc1ccc2c(c1)CC(O)(C1(CN)CCOC1)CC2. The average molecular weight is 277 g/mol. The molecule has 3 rings (SSSR count). The van der Waals surface area contributed by atoms with Crippen LogP contribution in [0, 0.1) is 5.41 Å². The lowest BCUT2D eigenvalue weighted by Crippen LogP contribution is -2.56. The van der Waals surface area contributed by atoms with Crippen molar-refractivity contribution < 1.29 is 14.6 Å². The number of nitrogens with two attached hydrogens (primary N) is 1. The summed E-state index contributed by atoms with van der Waals surface area (Å²) < 4.78 is 10.8. The molecule has 1 saturated heterocycles. The topological polar surface area (TPSA) is 64.7 Å². The van der Waals surface area contributed by atoms with Crippen LogP contribution in [0.4, 0.5) is 0 Å². The predicted octanol–water partition coefficient (Wildman–Crippen LogP) is 1.28. The molecule has 0 radical (unpaired) electrons. The first-order chi connectivity index (χ1) is 9.62. The van der Waals surface area contributed by atoms with E-state index in [0.717, 1.165) is 25.0 Å². The lowest BCUT2D eigenvalue weighted by molar-refractivity contribution is -0.0921. The van der Waals surface area contributed by atoms with Crippen molar-refractivity contribution in [1.29, 1.82) is 0 Å². The first-order valence-corrected chi connectivity index (χ1v) is 7.28. The first kappa shape index (κ1) is 13.9. The fraction of sp³-hybridized carbons (Fsp3) is 0.625. The summed E-state index contributed by atoms with van der Waals surface area (Å²) in [5, 5.41) is 11.2. The van der Waals surface area contributed by atoms with Crippen LogP contribution in [0.25, 0.3) is 0 Å². The lowest BCUT2D eigenvalue weighted by atomic mass is 9.63. The Balaban J connectivity index is 1.93. The van der Waals surface area contributed by atoms with E-state index >= 15 is 0 Å². The molecular weight excluding hydrogens is 254 g/mol. The molecule has 0 spiro atoms. The molecule has 4 nitrogen and oxygen atoms in total. The Morgan fingerprint density at radius 3 is 2.85 bits per heavy atom. The molecule has 2 atom stereocenters. The third-order valence-electron chi connectivity index (χ3n) is 5.19. The van der Waals surface area contributed by atoms with Crippen molar-refractivity contribution in [2.45, 2.75) is 31.3 Å². The van der Waals surface area contributed by atoms with Crippen LogP contribution >= 0.6 is 0 Å². The van der Waals surface area contributed by atoms with Gasteiger partial charge in [0.25, 0.3) is 0 Å². The van der Waals surface area contributed by atoms with E-state index < -0.39 is 5.60 Å². The van der Waals surface area contributed by atoms with Gasteiger partial charge in [0.15, 0.2) is 0 Å². The van der Waals surface area contributed by atoms with E-state index in [4.69, 9.17) is 15.2 Å². The fourth-order valence-electron chi connectivity index (χ4n) is 3.66. The molecule has 1 aromatic rings. The number of fused-ring (bicyclic) bond motifs is 1. The van der Waals surface area contributed by atoms with Gasteiger partial charge in [-0.3, -0.25) is 0 Å². The molecule has 0 amide bonds. The molecule has 3 N–H and O–H groups in total. The summed E-state index contributed by atoms with van der Waals surface area (Å²) in [7, 11) is 1.67. The number of aliphatic hydroxyl groups is 1. The van der Waals surface area contributed by atoms with Gasteiger partial charge < -0.3 is 20.3 Å². The van der Waals surface area contributed by atoms with E-state index in [1.54, 1.807) is 7.11 Å². The lowest BCUT2D eigenvalue weighted by Gasteiger charge is -2.46. The summed E-state index contributed by atoms with van der Waals surface area (Å²) in [6, 6.07) is 6.13. The van der Waals surface area contributed by atoms with Gasteiger partial charge in [-0.15, -0.1) is 0 Å². The summed E-state index contributed by atoms with van der Waals surface area (Å²) in [6.07, 6.45) is 3.13. The van der Waals surface area contributed by atoms with Gasteiger partial charge in [-0.25, -0.2) is 0 Å². The van der Waals surface area contributed by atoms with Crippen molar-refractivity contribution in [2.24, 2.45) is 11.1 Å². The van der Waals surface area contributed by atoms with Gasteiger partial charge in [-0.1, -0.05) is 6.07 Å². The molecule has 1 aliphatic heterocycles. The van der Waals surface area contributed by atoms with Crippen molar-refractivity contribution >= 4 is 0 Å². The average Bonchev–Trinajstić information content (AvgIpc) is 2.97. The summed E-state index contributed by atoms with van der Waals surface area (Å²) in [5.74, 6) is 0.845. The van der Waals surface area contributed by atoms with Crippen LogP contribution in [0.1, 0.15) is 24.0 Å². The van der Waals surface area contributed by atoms with Crippen molar-refractivity contribution in [3.8, 4) is 5.75 Å². The summed E-state index contributed by atoms with van der Waals surface area (Å²) in [6.45, 7) is 1.74. The van der Waals surface area contributed by atoms with Crippen LogP contribution < -0.4 is 10.5 Å². The zero-order valence-electron chi connectivity index (χ0n) is 12.0. The summed E-state index contributed by atoms with van der Waals surface area (Å²) >= 11 is 0. The maximum Gasteiger partial charge on any atom is 0.119 e. The van der Waals surface area contributed by atoms with E-state index in [1.807, 2.05) is 12.1 Å². The quantitative estimate of drug-likeness (QED) is 0.873. The van der Waals surface area contributed by atoms with E-state index in [0.29, 0.717) is 26.2 Å². The highest BCUT2D eigenvalue weighted by Gasteiger charge is 2.52. The monoisotopic (exact) mass is 277 g/mol. The van der Waals surface area contributed by atoms with E-state index in [9.17, 15) is 5.11 Å². The molecule has 0 aromatic heterocycles. The summed E-state index contributed by atoms with van der Waals surface area (Å²) in [5.41, 5.74) is 7.42. The molecule has 1 heterocycles. The molecular formula is C16H23NO3. The first-order valence-electron chi connectivity index (χ1n) is 7.28. The Labute approximate surface area is 119 Å². The van der Waals surface area contributed by atoms with Gasteiger partial charge in [-0.05, 0) is 42.5 Å². The highest BCUT2D eigenvalue weighted by molar-refractivity contribution is 5.39. The third kappa shape index (κ3) is 2.03. The van der Waals surface area contributed by atoms with Crippen LogP contribution in [0.15, 0.2) is 18.2 Å². The molecule has 110 valence electrons. The smallest absolute Gasteiger partial charge is 0.119 e. The zero-order valence-corrected chi connectivity index (χ0v) is 12.0. The van der Waals surface area contributed by atoms with Crippen molar-refractivity contribution in [2.75, 3.05) is 26.9 Å². The summed E-state index contributed by atoms with van der Waals surface area (Å²) in [4.78, 5) is 0. The minimum Gasteiger partial charge on any atom is -0.497 e. The Morgan fingerprint density at radius 2 is 2.20 bits per heavy atom. The van der Waals surface area contributed by atoms with Crippen LogP contribution in [0.5, 0.6) is 5.75 Å². The molecule has 0 saturated carbocycles. The Hall–Kier alpha value is -1.10. The minimum absolute atomic E-state index is 0.298. The van der Waals surface area contributed by atoms with Gasteiger partial charge in [0.05, 0.1) is 19.3 Å². The largest absolute Gasteiger partial charge is 0.497 e. The molecule has 2 aliphatic rings. The number of ether oxygens (including phenoxy) is 2. The van der Waals surface area contributed by atoms with Crippen molar-refractivity contribution in [1.82, 2.24) is 0 Å². The Kier molecular flexibility index (Phi) is 3.48. The van der Waals surface area contributed by atoms with Crippen LogP contribution in [0.3, 0.4) is 0 Å². The standard InChI is InChI=1S/C16H23NO3/c1-19-14-3-2-12-4-5-16(18,9-13(12)8-14)15(10-17)6-7-20-11-15/h2-3,8,18H,4-7,9-11,17H2,1H3. The highest BCUT2D eigenvalue weighted by atomic mass is 16.5. The van der Waals surface area contributed by atoms with Crippen LogP contribution in [-0.4, -0.2) is 37.6 Å². The Morgan fingerprint density at radius 1 is 1.35 bits per heavy atom. The molecule has 0 bridgehead atoms. The molecule has 1 aliphatic carbocycles. The fourth-order valence-corrected chi connectivity index (χ4v) is 3.66. The highest BCUT2D eigenvalue weighted by Crippen LogP contribution is 2.46. The molecule has 4 heteroatoms. The van der Waals surface area contributed by atoms with Gasteiger partial charge in [0, 0.05) is 25.0 Å². The van der Waals surface area contributed by atoms with Crippen LogP contribution in [0.2, 0.25) is 0 Å². The number of hydrogen-bond acceptors (Lipinski definition) is 4. The second kappa shape index (κ2) is 5.02. The predicted molar refractivity (Wildman–Crippen MR) is 76.9 cm³/mol. The number of methoxy groups -OCH3 is 1. The number of benzene rings is 1. The van der Waals surface area contributed by atoms with Crippen molar-refractivity contribution in [3.63, 3.8) is 0 Å². The maximum atomic E-state index is 11.2. The number of rotatable bonds is 3. The van der Waals surface area contributed by atoms with E-state index in [2.05, 4.69) is 6.07 Å². The van der Waals surface area contributed by atoms with Crippen LogP contribution in [-0.2, 0) is 17.6 Å². The molecule has 1 aromatic carbocycles. The Bertz CT molecular complexity index is 496. The van der Waals surface area contributed by atoms with Gasteiger partial charge in [0.2, 0.25) is 0 Å². The van der Waals surface area contributed by atoms with E-state index in [-0.39, 0.29) is 5.41 Å².